The van der Waals surface area contributed by atoms with Crippen LogP contribution in [-0.2, 0) is 31.3 Å². The van der Waals surface area contributed by atoms with Crippen LogP contribution in [-0.4, -0.2) is 28.0 Å². The molecule has 0 unspecified atom stereocenters. The summed E-state index contributed by atoms with van der Waals surface area (Å²) in [4.78, 5) is 11.6. The van der Waals surface area contributed by atoms with Crippen molar-refractivity contribution in [3.8, 4) is 0 Å². The molecule has 0 saturated heterocycles. The van der Waals surface area contributed by atoms with Crippen LogP contribution >= 0.6 is 0 Å². The fourth-order valence-electron chi connectivity index (χ4n) is 2.21. The number of hydrogen-bond acceptors (Lipinski definition) is 4. The number of fused-ring (bicyclic) bond motifs is 1. The van der Waals surface area contributed by atoms with Crippen molar-refractivity contribution < 1.29 is 9.53 Å². The lowest BCUT2D eigenvalue weighted by Crippen LogP contribution is -2.32. The molecule has 2 heterocycles. The van der Waals surface area contributed by atoms with E-state index in [2.05, 4.69) is 15.7 Å². The number of ether oxygens (including phenoxy) is 1. The summed E-state index contributed by atoms with van der Waals surface area (Å²) in [5.41, 5.74) is 2.91. The summed E-state index contributed by atoms with van der Waals surface area (Å²) in [5.74, 6) is 0. The van der Waals surface area contributed by atoms with Gasteiger partial charge in [-0.05, 0) is 33.7 Å². The Kier molecular flexibility index (Phi) is 3.80. The van der Waals surface area contributed by atoms with Gasteiger partial charge in [0.05, 0.1) is 17.9 Å². The minimum atomic E-state index is -0.475. The Labute approximate surface area is 113 Å². The lowest BCUT2D eigenvalue weighted by molar-refractivity contribution is 0.0522. The molecule has 19 heavy (non-hydrogen) atoms. The molecule has 0 saturated carbocycles. The summed E-state index contributed by atoms with van der Waals surface area (Å²) in [6, 6.07) is 0. The van der Waals surface area contributed by atoms with Crippen molar-refractivity contribution in [1.29, 1.82) is 0 Å². The average molecular weight is 266 g/mol. The molecule has 0 bridgehead atoms. The molecule has 106 valence electrons. The highest BCUT2D eigenvalue weighted by molar-refractivity contribution is 5.67. The monoisotopic (exact) mass is 266 g/mol. The van der Waals surface area contributed by atoms with Crippen LogP contribution in [0.2, 0.25) is 0 Å². The van der Waals surface area contributed by atoms with Gasteiger partial charge in [-0.3, -0.25) is 4.68 Å². The number of amides is 1. The van der Waals surface area contributed by atoms with E-state index in [0.29, 0.717) is 6.54 Å². The molecule has 1 aliphatic heterocycles. The van der Waals surface area contributed by atoms with Crippen molar-refractivity contribution in [2.24, 2.45) is 7.05 Å². The van der Waals surface area contributed by atoms with E-state index >= 15 is 0 Å². The second kappa shape index (κ2) is 5.21. The molecule has 1 aromatic rings. The van der Waals surface area contributed by atoms with E-state index in [1.807, 2.05) is 32.5 Å². The normalized spacial score (nSPS) is 14.9. The molecular weight excluding hydrogens is 244 g/mol. The topological polar surface area (TPSA) is 68.2 Å². The van der Waals surface area contributed by atoms with E-state index in [-0.39, 0.29) is 0 Å². The standard InChI is InChI=1S/C13H22N4O2/c1-13(2,3)19-12(18)15-7-10-9-5-6-14-8-11(9)17(4)16-10/h14H,5-8H2,1-4H3,(H,15,18). The number of aromatic nitrogens is 2. The second-order valence-electron chi connectivity index (χ2n) is 5.78. The number of alkyl carbamates (subject to hydrolysis) is 1. The predicted molar refractivity (Wildman–Crippen MR) is 71.7 cm³/mol. The first-order valence-electron chi connectivity index (χ1n) is 6.58. The molecule has 0 radical (unpaired) electrons. The average Bonchev–Trinajstić information content (AvgIpc) is 2.62. The first-order valence-corrected chi connectivity index (χ1v) is 6.58. The number of hydrogen-bond donors (Lipinski definition) is 2. The summed E-state index contributed by atoms with van der Waals surface area (Å²) in [6.45, 7) is 7.75. The van der Waals surface area contributed by atoms with Crippen LogP contribution in [0, 0.1) is 0 Å². The van der Waals surface area contributed by atoms with Gasteiger partial charge in [0.2, 0.25) is 0 Å². The smallest absolute Gasteiger partial charge is 0.407 e. The molecule has 1 amide bonds. The fourth-order valence-corrected chi connectivity index (χ4v) is 2.21. The van der Waals surface area contributed by atoms with Gasteiger partial charge in [0.1, 0.15) is 5.60 Å². The molecule has 6 heteroatoms. The van der Waals surface area contributed by atoms with E-state index in [1.165, 1.54) is 11.3 Å². The molecule has 0 fully saturated rings. The number of nitrogens with one attached hydrogen (secondary N) is 2. The van der Waals surface area contributed by atoms with Crippen LogP contribution in [0.25, 0.3) is 0 Å². The molecule has 0 atom stereocenters. The molecule has 6 nitrogen and oxygen atoms in total. The van der Waals surface area contributed by atoms with Crippen molar-refractivity contribution in [1.82, 2.24) is 20.4 Å². The van der Waals surface area contributed by atoms with Crippen molar-refractivity contribution in [2.45, 2.75) is 45.9 Å². The Hall–Kier alpha value is -1.56. The fraction of sp³-hybridized carbons (Fsp3) is 0.692. The molecule has 0 spiro atoms. The first kappa shape index (κ1) is 13.9. The minimum absolute atomic E-state index is 0.402. The molecule has 1 aromatic heterocycles. The van der Waals surface area contributed by atoms with Gasteiger partial charge in [-0.25, -0.2) is 4.79 Å². The molecule has 2 rings (SSSR count). The van der Waals surface area contributed by atoms with E-state index in [1.54, 1.807) is 0 Å². The van der Waals surface area contributed by atoms with E-state index in [4.69, 9.17) is 4.74 Å². The van der Waals surface area contributed by atoms with Crippen LogP contribution < -0.4 is 10.6 Å². The Morgan fingerprint density at radius 1 is 1.53 bits per heavy atom. The highest BCUT2D eigenvalue weighted by Crippen LogP contribution is 2.17. The lowest BCUT2D eigenvalue weighted by Gasteiger charge is -2.19. The zero-order valence-corrected chi connectivity index (χ0v) is 12.0. The molecule has 2 N–H and O–H groups in total. The van der Waals surface area contributed by atoms with Crippen molar-refractivity contribution in [2.75, 3.05) is 6.54 Å². The Morgan fingerprint density at radius 3 is 2.95 bits per heavy atom. The number of carbonyl (C=O) groups excluding carboxylic acids is 1. The van der Waals surface area contributed by atoms with E-state index in [9.17, 15) is 4.79 Å². The van der Waals surface area contributed by atoms with Crippen LogP contribution in [0.1, 0.15) is 37.7 Å². The van der Waals surface area contributed by atoms with Gasteiger partial charge in [0, 0.05) is 19.2 Å². The summed E-state index contributed by atoms with van der Waals surface area (Å²) < 4.78 is 7.10. The van der Waals surface area contributed by atoms with Gasteiger partial charge in [0.25, 0.3) is 0 Å². The zero-order valence-electron chi connectivity index (χ0n) is 12.0. The Bertz CT molecular complexity index is 474. The minimum Gasteiger partial charge on any atom is -0.444 e. The summed E-state index contributed by atoms with van der Waals surface area (Å²) >= 11 is 0. The van der Waals surface area contributed by atoms with E-state index < -0.39 is 11.7 Å². The van der Waals surface area contributed by atoms with Crippen molar-refractivity contribution in [3.05, 3.63) is 17.0 Å². The number of aryl methyl sites for hydroxylation is 1. The van der Waals surface area contributed by atoms with Crippen molar-refractivity contribution >= 4 is 6.09 Å². The SMILES string of the molecule is Cn1nc(CNC(=O)OC(C)(C)C)c2c1CNCC2. The first-order chi connectivity index (χ1) is 8.87. The maximum Gasteiger partial charge on any atom is 0.407 e. The van der Waals surface area contributed by atoms with E-state index in [0.717, 1.165) is 25.2 Å². The maximum atomic E-state index is 11.6. The second-order valence-corrected chi connectivity index (χ2v) is 5.78. The summed E-state index contributed by atoms with van der Waals surface area (Å²) in [7, 11) is 1.93. The lowest BCUT2D eigenvalue weighted by atomic mass is 10.1. The van der Waals surface area contributed by atoms with Gasteiger partial charge in [-0.15, -0.1) is 0 Å². The maximum absolute atomic E-state index is 11.6. The third-order valence-corrected chi connectivity index (χ3v) is 3.00. The zero-order chi connectivity index (χ0) is 14.0. The number of nitrogens with zero attached hydrogens (tertiary/aromatic N) is 2. The summed E-state index contributed by atoms with van der Waals surface area (Å²) in [6.07, 6.45) is 0.551. The van der Waals surface area contributed by atoms with Gasteiger partial charge in [0.15, 0.2) is 0 Å². The summed E-state index contributed by atoms with van der Waals surface area (Å²) in [5, 5.41) is 10.5. The van der Waals surface area contributed by atoms with Crippen LogP contribution in [0.3, 0.4) is 0 Å². The van der Waals surface area contributed by atoms with Crippen LogP contribution in [0.15, 0.2) is 0 Å². The van der Waals surface area contributed by atoms with Gasteiger partial charge < -0.3 is 15.4 Å². The van der Waals surface area contributed by atoms with Crippen molar-refractivity contribution in [3.63, 3.8) is 0 Å². The molecular formula is C13H22N4O2. The van der Waals surface area contributed by atoms with Gasteiger partial charge >= 0.3 is 6.09 Å². The highest BCUT2D eigenvalue weighted by Gasteiger charge is 2.20. The Balaban J connectivity index is 1.99. The van der Waals surface area contributed by atoms with Gasteiger partial charge in [-0.1, -0.05) is 0 Å². The third-order valence-electron chi connectivity index (χ3n) is 3.00. The quantitative estimate of drug-likeness (QED) is 0.841. The Morgan fingerprint density at radius 2 is 2.26 bits per heavy atom. The largest absolute Gasteiger partial charge is 0.444 e. The number of carbonyl (C=O) groups is 1. The molecule has 1 aliphatic rings. The number of rotatable bonds is 2. The molecule has 0 aliphatic carbocycles. The van der Waals surface area contributed by atoms with Crippen LogP contribution in [0.4, 0.5) is 4.79 Å². The molecule has 0 aromatic carbocycles. The predicted octanol–water partition coefficient (Wildman–Crippen LogP) is 1.09. The van der Waals surface area contributed by atoms with Gasteiger partial charge in [-0.2, -0.15) is 5.10 Å². The highest BCUT2D eigenvalue weighted by atomic mass is 16.6. The third kappa shape index (κ3) is 3.47. The van der Waals surface area contributed by atoms with Crippen LogP contribution in [0.5, 0.6) is 0 Å².